The zero-order valence-electron chi connectivity index (χ0n) is 9.79. The van der Waals surface area contributed by atoms with E-state index in [9.17, 15) is 4.79 Å². The van der Waals surface area contributed by atoms with Crippen molar-refractivity contribution in [3.05, 3.63) is 0 Å². The molecule has 1 aliphatic rings. The molecule has 15 heavy (non-hydrogen) atoms. The first-order valence-corrected chi connectivity index (χ1v) is 5.43. The minimum atomic E-state index is -0.421. The van der Waals surface area contributed by atoms with Gasteiger partial charge in [-0.2, -0.15) is 0 Å². The molecule has 1 saturated carbocycles. The monoisotopic (exact) mass is 215 g/mol. The van der Waals surface area contributed by atoms with Crippen molar-refractivity contribution in [2.75, 3.05) is 13.7 Å². The maximum atomic E-state index is 11.4. The summed E-state index contributed by atoms with van der Waals surface area (Å²) >= 11 is 0. The van der Waals surface area contributed by atoms with Crippen LogP contribution in [0, 0.1) is 5.92 Å². The van der Waals surface area contributed by atoms with E-state index in [0.29, 0.717) is 18.9 Å². The molecular weight excluding hydrogens is 194 g/mol. The summed E-state index contributed by atoms with van der Waals surface area (Å²) in [5, 5.41) is 0. The van der Waals surface area contributed by atoms with E-state index >= 15 is 0 Å². The third-order valence-electron chi connectivity index (χ3n) is 2.90. The Morgan fingerprint density at radius 2 is 2.13 bits per heavy atom. The number of carbonyl (C=O) groups excluding carboxylic acids is 1. The van der Waals surface area contributed by atoms with Crippen LogP contribution in [0.1, 0.15) is 33.1 Å². The third-order valence-corrected chi connectivity index (χ3v) is 2.90. The average Bonchev–Trinajstić information content (AvgIpc) is 2.99. The van der Waals surface area contributed by atoms with E-state index in [1.807, 2.05) is 13.8 Å². The van der Waals surface area contributed by atoms with Gasteiger partial charge in [-0.05, 0) is 32.6 Å². The van der Waals surface area contributed by atoms with Gasteiger partial charge in [0.25, 0.3) is 0 Å². The van der Waals surface area contributed by atoms with Gasteiger partial charge in [0, 0.05) is 13.5 Å². The first kappa shape index (κ1) is 12.5. The van der Waals surface area contributed by atoms with Crippen LogP contribution in [0.5, 0.6) is 0 Å². The Morgan fingerprint density at radius 1 is 1.53 bits per heavy atom. The second-order valence-corrected chi connectivity index (χ2v) is 4.74. The molecule has 0 spiro atoms. The largest absolute Gasteiger partial charge is 0.464 e. The first-order chi connectivity index (χ1) is 6.96. The van der Waals surface area contributed by atoms with Crippen molar-refractivity contribution in [3.63, 3.8) is 0 Å². The fourth-order valence-electron chi connectivity index (χ4n) is 1.24. The number of ether oxygens (including phenoxy) is 2. The molecule has 0 aromatic rings. The van der Waals surface area contributed by atoms with Crippen molar-refractivity contribution in [2.45, 2.75) is 44.8 Å². The molecule has 0 heterocycles. The summed E-state index contributed by atoms with van der Waals surface area (Å²) in [5.41, 5.74) is 5.45. The zero-order chi connectivity index (χ0) is 11.5. The Morgan fingerprint density at radius 3 is 2.60 bits per heavy atom. The normalized spacial score (nSPS) is 18.7. The fourth-order valence-corrected chi connectivity index (χ4v) is 1.24. The molecule has 1 fully saturated rings. The van der Waals surface area contributed by atoms with E-state index in [4.69, 9.17) is 15.2 Å². The average molecular weight is 215 g/mol. The number of carbonyl (C=O) groups is 1. The maximum Gasteiger partial charge on any atom is 0.323 e. The predicted octanol–water partition coefficient (Wildman–Crippen LogP) is 1.08. The van der Waals surface area contributed by atoms with Gasteiger partial charge in [-0.3, -0.25) is 4.79 Å². The highest BCUT2D eigenvalue weighted by molar-refractivity contribution is 5.76. The molecule has 0 aliphatic heterocycles. The van der Waals surface area contributed by atoms with Crippen molar-refractivity contribution in [3.8, 4) is 0 Å². The quantitative estimate of drug-likeness (QED) is 0.673. The lowest BCUT2D eigenvalue weighted by molar-refractivity contribution is -0.147. The number of methoxy groups -OCH3 is 1. The Hall–Kier alpha value is -0.610. The van der Waals surface area contributed by atoms with Crippen molar-refractivity contribution in [1.82, 2.24) is 0 Å². The number of nitrogens with two attached hydrogens (primary N) is 1. The number of esters is 1. The standard InChI is InChI=1S/C11H21NO3/c1-11(2,14-3)6-7-15-10(13)9(12)8-4-5-8/h8-9H,4-7,12H2,1-3H3. The van der Waals surface area contributed by atoms with Crippen LogP contribution in [0.2, 0.25) is 0 Å². The van der Waals surface area contributed by atoms with Crippen LogP contribution in [-0.2, 0) is 14.3 Å². The third kappa shape index (κ3) is 4.18. The smallest absolute Gasteiger partial charge is 0.323 e. The summed E-state index contributed by atoms with van der Waals surface area (Å²) in [6.45, 7) is 4.30. The molecule has 0 bridgehead atoms. The van der Waals surface area contributed by atoms with Crippen LogP contribution in [0.15, 0.2) is 0 Å². The van der Waals surface area contributed by atoms with E-state index in [0.717, 1.165) is 12.8 Å². The van der Waals surface area contributed by atoms with Gasteiger partial charge in [0.15, 0.2) is 0 Å². The van der Waals surface area contributed by atoms with E-state index in [-0.39, 0.29) is 11.6 Å². The minimum absolute atomic E-state index is 0.246. The molecule has 1 aliphatic carbocycles. The van der Waals surface area contributed by atoms with Crippen molar-refractivity contribution in [2.24, 2.45) is 11.7 Å². The molecule has 1 rings (SSSR count). The molecule has 0 saturated heterocycles. The Labute approximate surface area is 91.1 Å². The maximum absolute atomic E-state index is 11.4. The van der Waals surface area contributed by atoms with Crippen LogP contribution in [-0.4, -0.2) is 31.3 Å². The zero-order valence-corrected chi connectivity index (χ0v) is 9.79. The predicted molar refractivity (Wildman–Crippen MR) is 57.4 cm³/mol. The van der Waals surface area contributed by atoms with E-state index in [1.54, 1.807) is 7.11 Å². The fraction of sp³-hybridized carbons (Fsp3) is 0.909. The van der Waals surface area contributed by atoms with Gasteiger partial charge in [0.1, 0.15) is 6.04 Å². The van der Waals surface area contributed by atoms with Gasteiger partial charge in [-0.15, -0.1) is 0 Å². The van der Waals surface area contributed by atoms with Crippen LogP contribution < -0.4 is 5.73 Å². The highest BCUT2D eigenvalue weighted by Gasteiger charge is 2.34. The van der Waals surface area contributed by atoms with Gasteiger partial charge in [-0.25, -0.2) is 0 Å². The summed E-state index contributed by atoms with van der Waals surface area (Å²) in [6, 6.07) is -0.421. The highest BCUT2D eigenvalue weighted by Crippen LogP contribution is 2.32. The number of hydrogen-bond donors (Lipinski definition) is 1. The highest BCUT2D eigenvalue weighted by atomic mass is 16.5. The molecular formula is C11H21NO3. The lowest BCUT2D eigenvalue weighted by Gasteiger charge is -2.22. The van der Waals surface area contributed by atoms with Gasteiger partial charge < -0.3 is 15.2 Å². The van der Waals surface area contributed by atoms with Crippen molar-refractivity contribution < 1.29 is 14.3 Å². The van der Waals surface area contributed by atoms with E-state index in [1.165, 1.54) is 0 Å². The Kier molecular flexibility index (Phi) is 4.11. The molecule has 0 amide bonds. The summed E-state index contributed by atoms with van der Waals surface area (Å²) in [4.78, 5) is 11.4. The molecule has 0 aromatic carbocycles. The Balaban J connectivity index is 2.16. The SMILES string of the molecule is COC(C)(C)CCOC(=O)C(N)C1CC1. The molecule has 0 aromatic heterocycles. The van der Waals surface area contributed by atoms with Crippen LogP contribution in [0.3, 0.4) is 0 Å². The molecule has 88 valence electrons. The Bertz CT molecular complexity index is 224. The lowest BCUT2D eigenvalue weighted by atomic mass is 10.1. The van der Waals surface area contributed by atoms with Crippen LogP contribution in [0.25, 0.3) is 0 Å². The molecule has 2 N–H and O–H groups in total. The minimum Gasteiger partial charge on any atom is -0.464 e. The van der Waals surface area contributed by atoms with Crippen LogP contribution in [0.4, 0.5) is 0 Å². The first-order valence-electron chi connectivity index (χ1n) is 5.43. The second-order valence-electron chi connectivity index (χ2n) is 4.74. The van der Waals surface area contributed by atoms with Crippen molar-refractivity contribution >= 4 is 5.97 Å². The molecule has 1 unspecified atom stereocenters. The molecule has 4 nitrogen and oxygen atoms in total. The summed E-state index contributed by atoms with van der Waals surface area (Å²) < 4.78 is 10.3. The van der Waals surface area contributed by atoms with Gasteiger partial charge in [0.2, 0.25) is 0 Å². The summed E-state index contributed by atoms with van der Waals surface area (Å²) in [5.74, 6) is 0.0809. The van der Waals surface area contributed by atoms with E-state index in [2.05, 4.69) is 0 Å². The van der Waals surface area contributed by atoms with Gasteiger partial charge in [0.05, 0.1) is 12.2 Å². The van der Waals surface area contributed by atoms with Crippen LogP contribution >= 0.6 is 0 Å². The second kappa shape index (κ2) is 4.94. The van der Waals surface area contributed by atoms with Gasteiger partial charge >= 0.3 is 5.97 Å². The topological polar surface area (TPSA) is 61.5 Å². The lowest BCUT2D eigenvalue weighted by Crippen LogP contribution is -2.35. The summed E-state index contributed by atoms with van der Waals surface area (Å²) in [6.07, 6.45) is 2.80. The summed E-state index contributed by atoms with van der Waals surface area (Å²) in [7, 11) is 1.65. The number of hydrogen-bond acceptors (Lipinski definition) is 4. The molecule has 1 atom stereocenters. The van der Waals surface area contributed by atoms with Gasteiger partial charge in [-0.1, -0.05) is 0 Å². The molecule has 0 radical (unpaired) electrons. The van der Waals surface area contributed by atoms with E-state index < -0.39 is 6.04 Å². The molecule has 4 heteroatoms. The van der Waals surface area contributed by atoms with Crippen molar-refractivity contribution in [1.29, 1.82) is 0 Å². The number of rotatable bonds is 6.